The van der Waals surface area contributed by atoms with E-state index in [4.69, 9.17) is 0 Å². The molecule has 2 heterocycles. The van der Waals surface area contributed by atoms with Gasteiger partial charge in [0.05, 0.1) is 18.7 Å². The lowest BCUT2D eigenvalue weighted by Crippen LogP contribution is -2.41. The second kappa shape index (κ2) is 7.54. The Morgan fingerprint density at radius 3 is 2.48 bits per heavy atom. The van der Waals surface area contributed by atoms with Crippen LogP contribution >= 0.6 is 15.9 Å². The van der Waals surface area contributed by atoms with Gasteiger partial charge in [0, 0.05) is 28.0 Å². The number of halogens is 1. The van der Waals surface area contributed by atoms with E-state index in [0.29, 0.717) is 23.4 Å². The maximum atomic E-state index is 13.3. The molecular formula is C23H19BrN2O3. The van der Waals surface area contributed by atoms with E-state index in [9.17, 15) is 14.7 Å². The smallest absolute Gasteiger partial charge is 0.264 e. The normalized spacial score (nSPS) is 18.0. The molecule has 1 aliphatic rings. The molecule has 6 heteroatoms. The summed E-state index contributed by atoms with van der Waals surface area (Å²) in [5.74, 6) is -0.806. The van der Waals surface area contributed by atoms with E-state index in [1.54, 1.807) is 29.2 Å². The van der Waals surface area contributed by atoms with Gasteiger partial charge in [-0.1, -0.05) is 45.8 Å². The van der Waals surface area contributed by atoms with Crippen LogP contribution in [0.1, 0.15) is 33.5 Å². The Balaban J connectivity index is 1.71. The number of hydrogen-bond acceptors (Lipinski definition) is 4. The summed E-state index contributed by atoms with van der Waals surface area (Å²) in [6, 6.07) is 16.4. The van der Waals surface area contributed by atoms with E-state index in [1.807, 2.05) is 37.3 Å². The minimum Gasteiger partial charge on any atom is -0.375 e. The fourth-order valence-electron chi connectivity index (χ4n) is 3.60. The predicted octanol–water partition coefficient (Wildman–Crippen LogP) is 4.16. The van der Waals surface area contributed by atoms with Gasteiger partial charge >= 0.3 is 0 Å². The molecule has 146 valence electrons. The Morgan fingerprint density at radius 1 is 1.10 bits per heavy atom. The van der Waals surface area contributed by atoms with Gasteiger partial charge in [-0.15, -0.1) is 0 Å². The number of amides is 1. The zero-order valence-corrected chi connectivity index (χ0v) is 17.4. The van der Waals surface area contributed by atoms with E-state index < -0.39 is 11.5 Å². The molecule has 5 nitrogen and oxygen atoms in total. The highest BCUT2D eigenvalue weighted by molar-refractivity contribution is 9.10. The van der Waals surface area contributed by atoms with E-state index in [0.717, 1.165) is 15.6 Å². The highest BCUT2D eigenvalue weighted by Crippen LogP contribution is 2.44. The Bertz CT molecular complexity index is 1080. The monoisotopic (exact) mass is 450 g/mol. The van der Waals surface area contributed by atoms with Crippen LogP contribution in [-0.2, 0) is 16.9 Å². The molecule has 1 N–H and O–H groups in total. The van der Waals surface area contributed by atoms with Crippen molar-refractivity contribution in [2.24, 2.45) is 0 Å². The van der Waals surface area contributed by atoms with Gasteiger partial charge < -0.3 is 10.0 Å². The number of aliphatic hydroxyl groups is 1. The number of aromatic nitrogens is 1. The summed E-state index contributed by atoms with van der Waals surface area (Å²) >= 11 is 3.41. The third-order valence-corrected chi connectivity index (χ3v) is 5.67. The number of aryl methyl sites for hydroxylation is 1. The number of hydrogen-bond donors (Lipinski definition) is 1. The SMILES string of the molecule is Cc1ccc(CN2C(=O)[C@](O)(CC(=O)c3ccncc3)c3cc(Br)ccc32)cc1. The summed E-state index contributed by atoms with van der Waals surface area (Å²) in [4.78, 5) is 31.6. The van der Waals surface area contributed by atoms with Crippen LogP contribution in [0.5, 0.6) is 0 Å². The lowest BCUT2D eigenvalue weighted by Gasteiger charge is -2.23. The summed E-state index contributed by atoms with van der Waals surface area (Å²) < 4.78 is 0.732. The van der Waals surface area contributed by atoms with Crippen LogP contribution < -0.4 is 4.90 Å². The second-order valence-corrected chi connectivity index (χ2v) is 8.15. The number of carbonyl (C=O) groups is 2. The number of benzene rings is 2. The maximum Gasteiger partial charge on any atom is 0.264 e. The van der Waals surface area contributed by atoms with Crippen LogP contribution in [0, 0.1) is 6.92 Å². The van der Waals surface area contributed by atoms with Crippen LogP contribution in [0.15, 0.2) is 71.5 Å². The number of fused-ring (bicyclic) bond motifs is 1. The first-order valence-electron chi connectivity index (χ1n) is 9.21. The number of anilines is 1. The third-order valence-electron chi connectivity index (χ3n) is 5.17. The zero-order chi connectivity index (χ0) is 20.6. The van der Waals surface area contributed by atoms with Crippen LogP contribution in [0.4, 0.5) is 5.69 Å². The zero-order valence-electron chi connectivity index (χ0n) is 15.8. The largest absolute Gasteiger partial charge is 0.375 e. The minimum atomic E-state index is -1.91. The third kappa shape index (κ3) is 3.61. The summed E-state index contributed by atoms with van der Waals surface area (Å²) in [6.07, 6.45) is 2.70. The van der Waals surface area contributed by atoms with Crippen molar-refractivity contribution in [3.05, 3.63) is 93.7 Å². The van der Waals surface area contributed by atoms with Gasteiger partial charge in [0.15, 0.2) is 11.4 Å². The van der Waals surface area contributed by atoms with E-state index in [2.05, 4.69) is 20.9 Å². The van der Waals surface area contributed by atoms with Crippen molar-refractivity contribution < 1.29 is 14.7 Å². The molecule has 3 aromatic rings. The van der Waals surface area contributed by atoms with Gasteiger partial charge in [0.2, 0.25) is 0 Å². The molecule has 2 aromatic carbocycles. The lowest BCUT2D eigenvalue weighted by atomic mass is 9.88. The Labute approximate surface area is 177 Å². The van der Waals surface area contributed by atoms with Gasteiger partial charge in [-0.05, 0) is 42.8 Å². The quantitative estimate of drug-likeness (QED) is 0.592. The van der Waals surface area contributed by atoms with Crippen molar-refractivity contribution in [2.75, 3.05) is 4.90 Å². The molecule has 0 radical (unpaired) electrons. The summed E-state index contributed by atoms with van der Waals surface area (Å²) in [5.41, 5.74) is 1.63. The number of rotatable bonds is 5. The van der Waals surface area contributed by atoms with Gasteiger partial charge in [0.1, 0.15) is 0 Å². The molecule has 0 saturated heterocycles. The predicted molar refractivity (Wildman–Crippen MR) is 114 cm³/mol. The molecule has 0 bridgehead atoms. The van der Waals surface area contributed by atoms with Crippen LogP contribution in [0.3, 0.4) is 0 Å². The molecule has 0 unspecified atom stereocenters. The van der Waals surface area contributed by atoms with E-state index in [1.165, 1.54) is 12.4 Å². The number of Topliss-reactive ketones (excluding diaryl/α,β-unsaturated/α-hetero) is 1. The van der Waals surface area contributed by atoms with Crippen molar-refractivity contribution in [2.45, 2.75) is 25.5 Å². The maximum absolute atomic E-state index is 13.3. The number of pyridine rings is 1. The molecule has 4 rings (SSSR count). The first-order chi connectivity index (χ1) is 13.9. The number of nitrogens with zero attached hydrogens (tertiary/aromatic N) is 2. The summed E-state index contributed by atoms with van der Waals surface area (Å²) in [6.45, 7) is 2.32. The van der Waals surface area contributed by atoms with Crippen molar-refractivity contribution in [1.82, 2.24) is 4.98 Å². The Hall–Kier alpha value is -2.83. The highest BCUT2D eigenvalue weighted by Gasteiger charge is 2.51. The lowest BCUT2D eigenvalue weighted by molar-refractivity contribution is -0.136. The molecule has 0 spiro atoms. The van der Waals surface area contributed by atoms with Crippen LogP contribution in [0.2, 0.25) is 0 Å². The first-order valence-corrected chi connectivity index (χ1v) is 10.0. The summed E-state index contributed by atoms with van der Waals surface area (Å²) in [5, 5.41) is 11.4. The fourth-order valence-corrected chi connectivity index (χ4v) is 3.96. The topological polar surface area (TPSA) is 70.5 Å². The second-order valence-electron chi connectivity index (χ2n) is 7.23. The average Bonchev–Trinajstić information content (AvgIpc) is 2.92. The highest BCUT2D eigenvalue weighted by atomic mass is 79.9. The van der Waals surface area contributed by atoms with Crippen molar-refractivity contribution in [3.63, 3.8) is 0 Å². The van der Waals surface area contributed by atoms with Crippen molar-refractivity contribution in [1.29, 1.82) is 0 Å². The van der Waals surface area contributed by atoms with Gasteiger partial charge in [-0.2, -0.15) is 0 Å². The Kier molecular flexibility index (Phi) is 5.06. The molecule has 1 amide bonds. The molecule has 1 atom stereocenters. The van der Waals surface area contributed by atoms with E-state index >= 15 is 0 Å². The standard InChI is InChI=1S/C23H19BrN2O3/c1-15-2-4-16(5-3-15)14-26-20-7-6-18(24)12-19(20)23(29,22(26)28)13-21(27)17-8-10-25-11-9-17/h2-12,29H,13-14H2,1H3/t23-/m0/s1. The number of carbonyl (C=O) groups excluding carboxylic acids is 2. The molecule has 0 saturated carbocycles. The molecule has 0 aliphatic carbocycles. The molecule has 0 fully saturated rings. The van der Waals surface area contributed by atoms with Gasteiger partial charge in [-0.25, -0.2) is 0 Å². The minimum absolute atomic E-state index is 0.314. The molecular weight excluding hydrogens is 432 g/mol. The van der Waals surface area contributed by atoms with Crippen LogP contribution in [-0.4, -0.2) is 21.8 Å². The average molecular weight is 451 g/mol. The molecule has 29 heavy (non-hydrogen) atoms. The van der Waals surface area contributed by atoms with Crippen LogP contribution in [0.25, 0.3) is 0 Å². The molecule has 1 aliphatic heterocycles. The van der Waals surface area contributed by atoms with Gasteiger partial charge in [-0.3, -0.25) is 14.6 Å². The van der Waals surface area contributed by atoms with Crippen molar-refractivity contribution in [3.8, 4) is 0 Å². The van der Waals surface area contributed by atoms with Gasteiger partial charge in [0.25, 0.3) is 5.91 Å². The number of ketones is 1. The first kappa shape index (κ1) is 19.5. The molecule has 1 aromatic heterocycles. The fraction of sp³-hybridized carbons (Fsp3) is 0.174. The summed E-state index contributed by atoms with van der Waals surface area (Å²) in [7, 11) is 0. The van der Waals surface area contributed by atoms with E-state index in [-0.39, 0.29) is 12.2 Å². The Morgan fingerprint density at radius 2 is 1.79 bits per heavy atom. The van der Waals surface area contributed by atoms with Crippen molar-refractivity contribution >= 4 is 33.3 Å².